The Bertz CT molecular complexity index is 2730. The molecule has 79 heavy (non-hydrogen) atoms. The van der Waals surface area contributed by atoms with E-state index >= 15 is 0 Å². The maximum absolute atomic E-state index is 14.8. The maximum atomic E-state index is 14.8. The molecule has 0 bridgehead atoms. The number of rotatable bonds is 32. The first-order chi connectivity index (χ1) is 37.4. The Morgan fingerprint density at radius 1 is 0.671 bits per heavy atom. The smallest absolute Gasteiger partial charge is 0.246 e. The van der Waals surface area contributed by atoms with E-state index < -0.39 is 106 Å². The molecule has 0 saturated heterocycles. The van der Waals surface area contributed by atoms with Crippen molar-refractivity contribution in [3.8, 4) is 5.75 Å². The van der Waals surface area contributed by atoms with Gasteiger partial charge in [-0.25, -0.2) is 0 Å². The van der Waals surface area contributed by atoms with Crippen molar-refractivity contribution in [1.29, 1.82) is 0 Å². The fraction of sp³-hybridized carbons (Fsp3) is 0.473. The van der Waals surface area contributed by atoms with Crippen LogP contribution < -0.4 is 54.0 Å². The lowest BCUT2D eigenvalue weighted by atomic mass is 9.89. The van der Waals surface area contributed by atoms with Gasteiger partial charge in [0.25, 0.3) is 0 Å². The van der Waals surface area contributed by atoms with Crippen LogP contribution in [-0.2, 0) is 62.4 Å². The molecule has 0 aliphatic heterocycles. The molecule has 0 spiro atoms. The quantitative estimate of drug-likeness (QED) is 0.0293. The summed E-state index contributed by atoms with van der Waals surface area (Å²) in [6.07, 6.45) is 0.361. The Kier molecular flexibility index (Phi) is 24.8. The lowest BCUT2D eigenvalue weighted by Gasteiger charge is -2.37. The van der Waals surface area contributed by atoms with Gasteiger partial charge in [0.1, 0.15) is 53.3 Å². The molecule has 8 amide bonds. The first kappa shape index (κ1) is 64.5. The van der Waals surface area contributed by atoms with Crippen LogP contribution in [0, 0.1) is 0 Å². The van der Waals surface area contributed by atoms with Crippen molar-refractivity contribution >= 4 is 89.2 Å². The van der Waals surface area contributed by atoms with E-state index in [1.165, 1.54) is 39.8 Å². The number of Topliss-reactive ketones (excluding diaryl/α,β-unsaturated/α-hetero) is 1. The number of aromatic amines is 1. The number of nitrogens with two attached hydrogens (primary N) is 2. The number of benzene rings is 3. The highest BCUT2D eigenvalue weighted by Crippen LogP contribution is 2.24. The topological polar surface area (TPSA) is 358 Å². The molecule has 1 heterocycles. The molecule has 15 N–H and O–H groups in total. The van der Waals surface area contributed by atoms with Gasteiger partial charge < -0.3 is 63.9 Å². The predicted octanol–water partition coefficient (Wildman–Crippen LogP) is 0.276. The van der Waals surface area contributed by atoms with E-state index in [0.29, 0.717) is 11.1 Å². The second kappa shape index (κ2) is 30.4. The first-order valence-electron chi connectivity index (χ1n) is 26.1. The van der Waals surface area contributed by atoms with E-state index in [2.05, 4.69) is 72.8 Å². The largest absolute Gasteiger partial charge is 0.508 e. The van der Waals surface area contributed by atoms with Gasteiger partial charge in [0, 0.05) is 40.4 Å². The highest BCUT2D eigenvalue weighted by molar-refractivity contribution is 7.81. The molecular weight excluding hydrogens is 1050 g/mol. The second-order valence-corrected chi connectivity index (χ2v) is 21.6. The fourth-order valence-corrected chi connectivity index (χ4v) is 9.12. The van der Waals surface area contributed by atoms with Crippen molar-refractivity contribution in [2.24, 2.45) is 11.5 Å². The van der Waals surface area contributed by atoms with E-state index in [1.807, 2.05) is 36.4 Å². The molecule has 430 valence electrons. The van der Waals surface area contributed by atoms with E-state index in [0.717, 1.165) is 16.5 Å². The highest BCUT2D eigenvalue weighted by atomic mass is 32.1. The van der Waals surface area contributed by atoms with Crippen LogP contribution in [-0.4, -0.2) is 146 Å². The number of ketones is 1. The third-order valence-electron chi connectivity index (χ3n) is 13.4. The number of hydrogen-bond donors (Lipinski definition) is 15. The van der Waals surface area contributed by atoms with Crippen LogP contribution in [0.1, 0.15) is 83.9 Å². The minimum Gasteiger partial charge on any atom is -0.508 e. The number of aliphatic hydroxyl groups excluding tert-OH is 1. The van der Waals surface area contributed by atoms with Gasteiger partial charge in [0.15, 0.2) is 0 Å². The predicted molar refractivity (Wildman–Crippen MR) is 306 cm³/mol. The van der Waals surface area contributed by atoms with Crippen molar-refractivity contribution < 1.29 is 53.4 Å². The number of H-pyrrole nitrogens is 1. The lowest BCUT2D eigenvalue weighted by molar-refractivity contribution is -0.139. The van der Waals surface area contributed by atoms with Crippen molar-refractivity contribution in [1.82, 2.24) is 47.5 Å². The summed E-state index contributed by atoms with van der Waals surface area (Å²) in [6.45, 7) is 8.95. The minimum atomic E-state index is -1.69. The number of phenols is 1. The second-order valence-electron chi connectivity index (χ2n) is 20.1. The van der Waals surface area contributed by atoms with Gasteiger partial charge in [0.2, 0.25) is 47.3 Å². The van der Waals surface area contributed by atoms with Crippen LogP contribution in [0.3, 0.4) is 0 Å². The number of carbonyl (C=O) groups is 9. The number of thiol groups is 2. The summed E-state index contributed by atoms with van der Waals surface area (Å²) in [5, 5.41) is 42.7. The van der Waals surface area contributed by atoms with Crippen LogP contribution in [0.25, 0.3) is 10.9 Å². The molecule has 8 atom stereocenters. The molecule has 1 aromatic heterocycles. The molecule has 3 aromatic carbocycles. The Labute approximate surface area is 471 Å². The van der Waals surface area contributed by atoms with Gasteiger partial charge in [0.05, 0.1) is 18.7 Å². The zero-order valence-corrected chi connectivity index (χ0v) is 47.2. The number of primary amides is 1. The van der Waals surface area contributed by atoms with Crippen molar-refractivity contribution in [2.45, 2.75) is 145 Å². The Morgan fingerprint density at radius 2 is 1.20 bits per heavy atom. The highest BCUT2D eigenvalue weighted by Gasteiger charge is 2.44. The minimum absolute atomic E-state index is 0.00623. The monoisotopic (exact) mass is 1130 g/mol. The van der Waals surface area contributed by atoms with E-state index in [-0.39, 0.29) is 75.3 Å². The number of aromatic nitrogens is 1. The van der Waals surface area contributed by atoms with Crippen LogP contribution in [0.5, 0.6) is 5.75 Å². The van der Waals surface area contributed by atoms with Crippen LogP contribution in [0.4, 0.5) is 0 Å². The number of para-hydroxylation sites is 1. The average molecular weight is 1130 g/mol. The third-order valence-corrected chi connectivity index (χ3v) is 14.0. The van der Waals surface area contributed by atoms with Gasteiger partial charge in [-0.2, -0.15) is 25.3 Å². The Balaban J connectivity index is 1.68. The Morgan fingerprint density at radius 3 is 1.76 bits per heavy atom. The molecule has 22 nitrogen and oxygen atoms in total. The summed E-state index contributed by atoms with van der Waals surface area (Å²) in [7, 11) is 0. The molecule has 0 aliphatic rings. The molecule has 0 radical (unpaired) electrons. The average Bonchev–Trinajstić information content (AvgIpc) is 3.84. The molecule has 24 heteroatoms. The fourth-order valence-electron chi connectivity index (χ4n) is 8.68. The molecule has 0 saturated carbocycles. The zero-order chi connectivity index (χ0) is 58.6. The molecule has 0 aliphatic carbocycles. The zero-order valence-electron chi connectivity index (χ0n) is 45.4. The van der Waals surface area contributed by atoms with Crippen molar-refractivity contribution in [2.75, 3.05) is 18.8 Å². The standard InChI is InChI=1S/C55H77N11O11S2/c1-7-55(8-2,53(77)65-45(54(5,6)79)52(76)64-44(32(4)68)46(57)70)66-51(75)39(19-14-24-56)60-49(73)42(27-35-29-59-38-18-13-12-17-37(35)38)62-48(72)41(26-34-20-22-36(69)23-21-34)61-50(74)43(30-78)63-47(71)40(58-28-31(3)67)25-33-15-10-9-11-16-33/h9-13,15-18,20-23,29,32,39-45,58-59,68-69,78-79H,7-8,14,19,24-28,30,56H2,1-6H3,(H2,57,70)(H,60,73)(H,61,74)(H,62,72)(H,63,71)(H,64,76)(H,65,77)(H,66,75)/t32-,39+,40-,41+,42-,43+,44+,45?/m1/s1. The summed E-state index contributed by atoms with van der Waals surface area (Å²) < 4.78 is -1.27. The molecule has 0 fully saturated rings. The van der Waals surface area contributed by atoms with E-state index in [4.69, 9.17) is 11.5 Å². The number of aliphatic hydroxyl groups is 1. The number of nitrogens with one attached hydrogen (secondary N) is 9. The third kappa shape index (κ3) is 19.1. The summed E-state index contributed by atoms with van der Waals surface area (Å²) in [5.74, 6) is -7.07. The SMILES string of the molecule is CCC(CC)(NC(=O)[C@H](CCCN)NC(=O)[C@@H](Cc1c[nH]c2ccccc12)NC(=O)[C@H](Cc1ccc(O)cc1)NC(=O)[C@H](CS)NC(=O)[C@@H](Cc1ccccc1)NCC(C)=O)C(=O)NC(C(=O)N[C@H](C(N)=O)[C@@H](C)O)C(C)(C)S. The van der Waals surface area contributed by atoms with Crippen LogP contribution in [0.2, 0.25) is 0 Å². The van der Waals surface area contributed by atoms with Gasteiger partial charge in [-0.05, 0) is 101 Å². The summed E-state index contributed by atoms with van der Waals surface area (Å²) in [6, 6.07) is 12.8. The number of hydrogen-bond acceptors (Lipinski definition) is 15. The summed E-state index contributed by atoms with van der Waals surface area (Å²) in [4.78, 5) is 127. The van der Waals surface area contributed by atoms with Crippen LogP contribution in [0.15, 0.2) is 85.1 Å². The molecule has 4 aromatic rings. The lowest BCUT2D eigenvalue weighted by Crippen LogP contribution is -2.67. The van der Waals surface area contributed by atoms with Gasteiger partial charge in [-0.3, -0.25) is 48.5 Å². The summed E-state index contributed by atoms with van der Waals surface area (Å²) >= 11 is 8.91. The van der Waals surface area contributed by atoms with Gasteiger partial charge in [-0.1, -0.05) is 74.5 Å². The Hall–Kier alpha value is -6.99. The number of fused-ring (bicyclic) bond motifs is 1. The normalized spacial score (nSPS) is 14.7. The molecule has 1 unspecified atom stereocenters. The molecular formula is C55H77N11O11S2. The van der Waals surface area contributed by atoms with E-state index in [1.54, 1.807) is 50.4 Å². The number of phenolic OH excluding ortho intramolecular Hbond substituents is 1. The molecule has 4 rings (SSSR count). The van der Waals surface area contributed by atoms with Crippen molar-refractivity contribution in [3.05, 3.63) is 102 Å². The number of carbonyl (C=O) groups excluding carboxylic acids is 9. The van der Waals surface area contributed by atoms with Crippen LogP contribution >= 0.6 is 25.3 Å². The van der Waals surface area contributed by atoms with Gasteiger partial charge >= 0.3 is 0 Å². The summed E-state index contributed by atoms with van der Waals surface area (Å²) in [5.41, 5.74) is 12.3. The van der Waals surface area contributed by atoms with Gasteiger partial charge in [-0.15, -0.1) is 0 Å². The maximum Gasteiger partial charge on any atom is 0.246 e. The number of aromatic hydroxyl groups is 1. The first-order valence-corrected chi connectivity index (χ1v) is 27.2. The number of amides is 8. The van der Waals surface area contributed by atoms with Crippen molar-refractivity contribution in [3.63, 3.8) is 0 Å². The van der Waals surface area contributed by atoms with E-state index in [9.17, 15) is 53.4 Å².